The van der Waals surface area contributed by atoms with Crippen LogP contribution in [-0.2, 0) is 28.8 Å². The van der Waals surface area contributed by atoms with Gasteiger partial charge in [0.05, 0.1) is 19.0 Å². The van der Waals surface area contributed by atoms with Gasteiger partial charge in [-0.3, -0.25) is 19.2 Å². The number of carbonyl (C=O) groups excluding carboxylic acids is 5. The number of amides is 4. The number of rotatable bonds is 10. The van der Waals surface area contributed by atoms with Gasteiger partial charge in [-0.2, -0.15) is 5.10 Å². The number of aromatic nitrogens is 3. The highest BCUT2D eigenvalue weighted by atomic mass is 16.7. The van der Waals surface area contributed by atoms with E-state index < -0.39 is 58.7 Å². The highest BCUT2D eigenvalue weighted by molar-refractivity contribution is 6.38. The molecule has 246 valence electrons. The van der Waals surface area contributed by atoms with E-state index in [9.17, 15) is 24.0 Å². The second-order valence-corrected chi connectivity index (χ2v) is 13.7. The fraction of sp³-hybridized carbons (Fsp3) is 0.733. The van der Waals surface area contributed by atoms with Crippen molar-refractivity contribution >= 4 is 35.4 Å². The zero-order chi connectivity index (χ0) is 32.4. The van der Waals surface area contributed by atoms with Crippen LogP contribution < -0.4 is 16.0 Å². The number of alkyl carbamates (subject to hydrolysis) is 1. The van der Waals surface area contributed by atoms with Gasteiger partial charge in [-0.1, -0.05) is 39.3 Å². The molecule has 1 saturated heterocycles. The Balaban J connectivity index is 1.37. The standard InChI is InChI=1S/C30H44N8O7/c1-5-8-20(23(39)26(41)33-18-11-12-18)34-25(40)21-13-30(14-22(36-45-30)38-17-31-16-32-38)15-37(21)27(42)24(29(2,3)4)35-28(43)44-19-9-6-7-10-19/h16-21,24H,5-15H2,1-4H3,(H,33,41)(H,34,40)(H,35,43)/t20-,21-,24+,30-/m0/s1. The maximum absolute atomic E-state index is 14.3. The Morgan fingerprint density at radius 3 is 2.47 bits per heavy atom. The van der Waals surface area contributed by atoms with E-state index in [-0.39, 0.29) is 38.0 Å². The molecule has 3 heterocycles. The third kappa shape index (κ3) is 7.61. The fourth-order valence-corrected chi connectivity index (χ4v) is 6.17. The van der Waals surface area contributed by atoms with E-state index in [1.807, 2.05) is 27.7 Å². The molecule has 2 aliphatic heterocycles. The summed E-state index contributed by atoms with van der Waals surface area (Å²) in [6.45, 7) is 7.30. The number of ether oxygens (including phenoxy) is 1. The predicted molar refractivity (Wildman–Crippen MR) is 160 cm³/mol. The van der Waals surface area contributed by atoms with Gasteiger partial charge in [-0.25, -0.2) is 14.5 Å². The van der Waals surface area contributed by atoms with Gasteiger partial charge in [0, 0.05) is 12.5 Å². The van der Waals surface area contributed by atoms with Crippen molar-refractivity contribution in [3.8, 4) is 0 Å². The van der Waals surface area contributed by atoms with Gasteiger partial charge < -0.3 is 30.4 Å². The molecule has 4 aliphatic rings. The molecule has 4 atom stereocenters. The molecule has 2 saturated carbocycles. The molecule has 0 bridgehead atoms. The van der Waals surface area contributed by atoms with Crippen molar-refractivity contribution in [2.24, 2.45) is 10.6 Å². The molecular formula is C30H44N8O7. The normalized spacial score (nSPS) is 24.5. The monoisotopic (exact) mass is 628 g/mol. The van der Waals surface area contributed by atoms with Crippen molar-refractivity contribution in [2.75, 3.05) is 6.54 Å². The van der Waals surface area contributed by atoms with Crippen LogP contribution >= 0.6 is 0 Å². The van der Waals surface area contributed by atoms with E-state index in [1.165, 1.54) is 22.2 Å². The Hall–Kier alpha value is -4.04. The minimum Gasteiger partial charge on any atom is -0.446 e. The van der Waals surface area contributed by atoms with Crippen LogP contribution in [0.5, 0.6) is 0 Å². The van der Waals surface area contributed by atoms with Crippen molar-refractivity contribution < 1.29 is 33.5 Å². The molecule has 0 unspecified atom stereocenters. The minimum atomic E-state index is -1.07. The number of carbonyl (C=O) groups is 5. The van der Waals surface area contributed by atoms with Gasteiger partial charge in [0.2, 0.25) is 17.6 Å². The summed E-state index contributed by atoms with van der Waals surface area (Å²) in [6.07, 6.45) is 8.22. The predicted octanol–water partition coefficient (Wildman–Crippen LogP) is 1.42. The molecule has 1 spiro atoms. The van der Waals surface area contributed by atoms with E-state index in [0.29, 0.717) is 12.3 Å². The SMILES string of the molecule is CCC[C@H](NC(=O)[C@@H]1C[C@]2(CC(n3cncn3)=NO2)CN1C(=O)[C@@H](NC(=O)OC1CCCC1)C(C)(C)C)C(=O)C(=O)NC1CC1. The lowest BCUT2D eigenvalue weighted by Crippen LogP contribution is -2.59. The van der Waals surface area contributed by atoms with Crippen molar-refractivity contribution in [1.82, 2.24) is 35.6 Å². The number of nitrogens with one attached hydrogen (secondary N) is 3. The first-order chi connectivity index (χ1) is 21.4. The molecular weight excluding hydrogens is 584 g/mol. The third-order valence-corrected chi connectivity index (χ3v) is 8.79. The van der Waals surface area contributed by atoms with Gasteiger partial charge in [0.1, 0.15) is 30.8 Å². The van der Waals surface area contributed by atoms with E-state index >= 15 is 0 Å². The number of oxime groups is 1. The van der Waals surface area contributed by atoms with Crippen LogP contribution in [0, 0.1) is 5.41 Å². The Bertz CT molecular complexity index is 1320. The topological polar surface area (TPSA) is 186 Å². The van der Waals surface area contributed by atoms with Crippen molar-refractivity contribution in [3.05, 3.63) is 12.7 Å². The highest BCUT2D eigenvalue weighted by Crippen LogP contribution is 2.39. The maximum atomic E-state index is 14.3. The number of hydrogen-bond acceptors (Lipinski definition) is 10. The summed E-state index contributed by atoms with van der Waals surface area (Å²) in [5, 5.41) is 16.5. The first kappa shape index (κ1) is 32.4. The number of Topliss-reactive ketones (excluding diaryl/α,β-unsaturated/α-hetero) is 1. The largest absolute Gasteiger partial charge is 0.446 e. The molecule has 4 amide bonds. The van der Waals surface area contributed by atoms with E-state index in [2.05, 4.69) is 31.2 Å². The molecule has 0 aromatic carbocycles. The van der Waals surface area contributed by atoms with E-state index in [4.69, 9.17) is 9.57 Å². The molecule has 15 heteroatoms. The summed E-state index contributed by atoms with van der Waals surface area (Å²) >= 11 is 0. The van der Waals surface area contributed by atoms with E-state index in [0.717, 1.165) is 38.5 Å². The van der Waals surface area contributed by atoms with Gasteiger partial charge in [-0.15, -0.1) is 0 Å². The average Bonchev–Trinajstić information content (AvgIpc) is 3.46. The smallest absolute Gasteiger partial charge is 0.408 e. The van der Waals surface area contributed by atoms with Gasteiger partial charge >= 0.3 is 6.09 Å². The zero-order valence-electron chi connectivity index (χ0n) is 26.4. The lowest BCUT2D eigenvalue weighted by atomic mass is 9.85. The molecule has 1 aromatic heterocycles. The zero-order valence-corrected chi connectivity index (χ0v) is 26.4. The minimum absolute atomic E-state index is 0.00783. The second kappa shape index (κ2) is 13.1. The first-order valence-electron chi connectivity index (χ1n) is 15.9. The van der Waals surface area contributed by atoms with Crippen molar-refractivity contribution in [2.45, 2.75) is 128 Å². The van der Waals surface area contributed by atoms with Crippen LogP contribution in [0.2, 0.25) is 0 Å². The summed E-state index contributed by atoms with van der Waals surface area (Å²) in [7, 11) is 0. The lowest BCUT2D eigenvalue weighted by molar-refractivity contribution is -0.144. The summed E-state index contributed by atoms with van der Waals surface area (Å²) in [5.74, 6) is -2.08. The Labute approximate surface area is 262 Å². The molecule has 5 rings (SSSR count). The van der Waals surface area contributed by atoms with Gasteiger partial charge in [-0.05, 0) is 50.4 Å². The number of likely N-dealkylation sites (tertiary alicyclic amines) is 1. The van der Waals surface area contributed by atoms with Crippen LogP contribution in [0.3, 0.4) is 0 Å². The summed E-state index contributed by atoms with van der Waals surface area (Å²) in [6, 6.07) is -3.17. The van der Waals surface area contributed by atoms with Crippen LogP contribution in [-0.4, -0.2) is 97.5 Å². The van der Waals surface area contributed by atoms with Crippen molar-refractivity contribution in [3.63, 3.8) is 0 Å². The average molecular weight is 629 g/mol. The number of nitrogens with zero attached hydrogens (tertiary/aromatic N) is 5. The van der Waals surface area contributed by atoms with Crippen LogP contribution in [0.4, 0.5) is 4.79 Å². The van der Waals surface area contributed by atoms with Crippen LogP contribution in [0.15, 0.2) is 17.8 Å². The molecule has 3 fully saturated rings. The summed E-state index contributed by atoms with van der Waals surface area (Å²) in [5.41, 5.74) is -1.80. The number of hydrogen-bond donors (Lipinski definition) is 3. The second-order valence-electron chi connectivity index (χ2n) is 13.7. The molecule has 2 aliphatic carbocycles. The first-order valence-corrected chi connectivity index (χ1v) is 15.9. The molecule has 1 aromatic rings. The molecule has 0 radical (unpaired) electrons. The Morgan fingerprint density at radius 1 is 1.11 bits per heavy atom. The van der Waals surface area contributed by atoms with Crippen LogP contribution in [0.25, 0.3) is 0 Å². The molecule has 15 nitrogen and oxygen atoms in total. The highest BCUT2D eigenvalue weighted by Gasteiger charge is 2.56. The quantitative estimate of drug-likeness (QED) is 0.322. The van der Waals surface area contributed by atoms with Gasteiger partial charge in [0.25, 0.3) is 5.91 Å². The third-order valence-electron chi connectivity index (χ3n) is 8.79. The van der Waals surface area contributed by atoms with Crippen molar-refractivity contribution in [1.29, 1.82) is 0 Å². The molecule has 45 heavy (non-hydrogen) atoms. The fourth-order valence-electron chi connectivity index (χ4n) is 6.17. The summed E-state index contributed by atoms with van der Waals surface area (Å²) < 4.78 is 7.06. The van der Waals surface area contributed by atoms with E-state index in [1.54, 1.807) is 0 Å². The lowest BCUT2D eigenvalue weighted by Gasteiger charge is -2.35. The van der Waals surface area contributed by atoms with Gasteiger partial charge in [0.15, 0.2) is 11.4 Å². The Morgan fingerprint density at radius 2 is 1.84 bits per heavy atom. The van der Waals surface area contributed by atoms with Crippen LogP contribution in [0.1, 0.15) is 91.9 Å². The molecule has 3 N–H and O–H groups in total. The summed E-state index contributed by atoms with van der Waals surface area (Å²) in [4.78, 5) is 78.1. The Kier molecular flexibility index (Phi) is 9.44. The number of ketones is 1. The maximum Gasteiger partial charge on any atom is 0.408 e.